The molecule has 1 heterocycles. The zero-order valence-corrected chi connectivity index (χ0v) is 9.10. The first-order chi connectivity index (χ1) is 7.65. The monoisotopic (exact) mass is 225 g/mol. The van der Waals surface area contributed by atoms with Crippen LogP contribution >= 0.6 is 0 Å². The van der Waals surface area contributed by atoms with Crippen molar-refractivity contribution in [2.75, 3.05) is 11.9 Å². The number of nitrogens with one attached hydrogen (secondary N) is 1. The fraction of sp³-hybridized carbons (Fsp3) is 0.500. The van der Waals surface area contributed by atoms with Gasteiger partial charge in [-0.05, 0) is 6.42 Å². The molecule has 0 unspecified atom stereocenters. The smallest absolute Gasteiger partial charge is 0.342 e. The van der Waals surface area contributed by atoms with Gasteiger partial charge >= 0.3 is 5.97 Å². The molecule has 3 N–H and O–H groups in total. The molecule has 1 aromatic heterocycles. The zero-order valence-electron chi connectivity index (χ0n) is 9.10. The molecule has 0 aliphatic rings. The minimum absolute atomic E-state index is 0.249. The second-order valence-corrected chi connectivity index (χ2v) is 3.37. The second-order valence-electron chi connectivity index (χ2n) is 3.37. The zero-order chi connectivity index (χ0) is 12.0. The van der Waals surface area contributed by atoms with Crippen molar-refractivity contribution in [2.24, 2.45) is 0 Å². The van der Waals surface area contributed by atoms with Gasteiger partial charge < -0.3 is 15.5 Å². The standard InChI is InChI=1S/C10H15N3O3/c1-2-3-4-5-11-10-12-6-7(9(15)16)8(14)13-10/h6H,2-5H2,1H3,(H,15,16)(H2,11,12,13,14). The Bertz CT molecular complexity index is 368. The Hall–Kier alpha value is -1.85. The second kappa shape index (κ2) is 5.89. The average molecular weight is 225 g/mol. The van der Waals surface area contributed by atoms with E-state index >= 15 is 0 Å². The van der Waals surface area contributed by atoms with Crippen molar-refractivity contribution in [1.29, 1.82) is 0 Å². The molecule has 0 radical (unpaired) electrons. The van der Waals surface area contributed by atoms with Crippen LogP contribution in [0.5, 0.6) is 5.88 Å². The predicted octanol–water partition coefficient (Wildman–Crippen LogP) is 1.48. The minimum Gasteiger partial charge on any atom is -0.493 e. The summed E-state index contributed by atoms with van der Waals surface area (Å²) < 4.78 is 0. The number of anilines is 1. The maximum Gasteiger partial charge on any atom is 0.342 e. The van der Waals surface area contributed by atoms with E-state index in [2.05, 4.69) is 22.2 Å². The summed E-state index contributed by atoms with van der Waals surface area (Å²) in [6.07, 6.45) is 4.30. The lowest BCUT2D eigenvalue weighted by atomic mass is 10.2. The van der Waals surface area contributed by atoms with Gasteiger partial charge in [0.2, 0.25) is 11.8 Å². The third-order valence-electron chi connectivity index (χ3n) is 2.06. The summed E-state index contributed by atoms with van der Waals surface area (Å²) in [7, 11) is 0. The van der Waals surface area contributed by atoms with Crippen molar-refractivity contribution < 1.29 is 15.0 Å². The maximum atomic E-state index is 10.6. The Balaban J connectivity index is 2.56. The van der Waals surface area contributed by atoms with Gasteiger partial charge in [-0.3, -0.25) is 0 Å². The van der Waals surface area contributed by atoms with Crippen molar-refractivity contribution in [1.82, 2.24) is 9.97 Å². The van der Waals surface area contributed by atoms with E-state index in [-0.39, 0.29) is 11.5 Å². The van der Waals surface area contributed by atoms with E-state index in [1.54, 1.807) is 0 Å². The summed E-state index contributed by atoms with van der Waals surface area (Å²) in [6.45, 7) is 2.81. The molecule has 0 aliphatic heterocycles. The highest BCUT2D eigenvalue weighted by Crippen LogP contribution is 2.14. The van der Waals surface area contributed by atoms with Crippen LogP contribution in [0.4, 0.5) is 5.95 Å². The molecule has 6 nitrogen and oxygen atoms in total. The fourth-order valence-corrected chi connectivity index (χ4v) is 1.18. The number of rotatable bonds is 6. The lowest BCUT2D eigenvalue weighted by Gasteiger charge is -2.05. The quantitative estimate of drug-likeness (QED) is 0.635. The Morgan fingerprint density at radius 1 is 1.50 bits per heavy atom. The third-order valence-corrected chi connectivity index (χ3v) is 2.06. The SMILES string of the molecule is CCCCCNc1ncc(C(=O)O)c(O)n1. The number of aromatic hydroxyl groups is 1. The van der Waals surface area contributed by atoms with Crippen LogP contribution in [0.25, 0.3) is 0 Å². The van der Waals surface area contributed by atoms with Crippen LogP contribution in [-0.2, 0) is 0 Å². The number of carbonyl (C=O) groups is 1. The van der Waals surface area contributed by atoms with Crippen LogP contribution in [0.1, 0.15) is 36.5 Å². The van der Waals surface area contributed by atoms with E-state index in [1.807, 2.05) is 0 Å². The van der Waals surface area contributed by atoms with Crippen LogP contribution in [0.2, 0.25) is 0 Å². The maximum absolute atomic E-state index is 10.6. The predicted molar refractivity (Wildman–Crippen MR) is 58.7 cm³/mol. The van der Waals surface area contributed by atoms with Gasteiger partial charge in [0.1, 0.15) is 5.56 Å². The highest BCUT2D eigenvalue weighted by atomic mass is 16.4. The molecule has 0 fully saturated rings. The number of unbranched alkanes of at least 4 members (excludes halogenated alkanes) is 2. The van der Waals surface area contributed by atoms with Crippen molar-refractivity contribution in [3.63, 3.8) is 0 Å². The van der Waals surface area contributed by atoms with Gasteiger partial charge in [-0.1, -0.05) is 19.8 Å². The first kappa shape index (κ1) is 12.2. The number of carboxylic acid groups (broad SMARTS) is 1. The minimum atomic E-state index is -1.24. The van der Waals surface area contributed by atoms with Gasteiger partial charge in [0.15, 0.2) is 0 Å². The highest BCUT2D eigenvalue weighted by Gasteiger charge is 2.11. The number of nitrogens with zero attached hydrogens (tertiary/aromatic N) is 2. The first-order valence-corrected chi connectivity index (χ1v) is 5.18. The Morgan fingerprint density at radius 3 is 2.81 bits per heavy atom. The van der Waals surface area contributed by atoms with E-state index in [4.69, 9.17) is 5.11 Å². The molecule has 0 saturated heterocycles. The molecule has 0 aliphatic carbocycles. The molecule has 1 rings (SSSR count). The summed E-state index contributed by atoms with van der Waals surface area (Å²) in [5, 5.41) is 20.8. The normalized spacial score (nSPS) is 10.1. The van der Waals surface area contributed by atoms with Gasteiger partial charge in [-0.2, -0.15) is 4.98 Å². The average Bonchev–Trinajstić information content (AvgIpc) is 2.24. The summed E-state index contributed by atoms with van der Waals surface area (Å²) in [4.78, 5) is 18.0. The molecule has 0 amide bonds. The van der Waals surface area contributed by atoms with Crippen LogP contribution in [0.15, 0.2) is 6.20 Å². The summed E-state index contributed by atoms with van der Waals surface area (Å²) >= 11 is 0. The lowest BCUT2D eigenvalue weighted by Crippen LogP contribution is -2.07. The van der Waals surface area contributed by atoms with Crippen molar-refractivity contribution in [3.05, 3.63) is 11.8 Å². The molecule has 0 bridgehead atoms. The molecule has 1 aromatic rings. The fourth-order valence-electron chi connectivity index (χ4n) is 1.18. The van der Waals surface area contributed by atoms with E-state index < -0.39 is 11.8 Å². The summed E-state index contributed by atoms with van der Waals surface area (Å²) in [5.74, 6) is -1.51. The molecular formula is C10H15N3O3. The molecule has 16 heavy (non-hydrogen) atoms. The van der Waals surface area contributed by atoms with Crippen molar-refractivity contribution in [3.8, 4) is 5.88 Å². The topological polar surface area (TPSA) is 95.3 Å². The number of aromatic carboxylic acids is 1. The highest BCUT2D eigenvalue weighted by molar-refractivity contribution is 5.89. The van der Waals surface area contributed by atoms with Crippen LogP contribution in [-0.4, -0.2) is 32.7 Å². The molecule has 6 heteroatoms. The molecule has 88 valence electrons. The van der Waals surface area contributed by atoms with Crippen LogP contribution < -0.4 is 5.32 Å². The largest absolute Gasteiger partial charge is 0.493 e. The Kier molecular flexibility index (Phi) is 4.50. The van der Waals surface area contributed by atoms with E-state index in [0.29, 0.717) is 6.54 Å². The summed E-state index contributed by atoms with van der Waals surface area (Å²) in [5.41, 5.74) is -0.292. The van der Waals surface area contributed by atoms with E-state index in [0.717, 1.165) is 25.5 Å². The third kappa shape index (κ3) is 3.38. The molecular weight excluding hydrogens is 210 g/mol. The van der Waals surface area contributed by atoms with Crippen LogP contribution in [0.3, 0.4) is 0 Å². The lowest BCUT2D eigenvalue weighted by molar-refractivity contribution is 0.0692. The Morgan fingerprint density at radius 2 is 2.25 bits per heavy atom. The molecule has 0 atom stereocenters. The number of hydrogen-bond donors (Lipinski definition) is 3. The van der Waals surface area contributed by atoms with Crippen molar-refractivity contribution in [2.45, 2.75) is 26.2 Å². The molecule has 0 spiro atoms. The molecule has 0 saturated carbocycles. The Labute approximate surface area is 93.4 Å². The van der Waals surface area contributed by atoms with Crippen LogP contribution in [0, 0.1) is 0 Å². The van der Waals surface area contributed by atoms with Gasteiger partial charge in [0, 0.05) is 6.54 Å². The van der Waals surface area contributed by atoms with Gasteiger partial charge in [-0.25, -0.2) is 9.78 Å². The molecule has 0 aromatic carbocycles. The number of carboxylic acids is 1. The number of hydrogen-bond acceptors (Lipinski definition) is 5. The van der Waals surface area contributed by atoms with Crippen molar-refractivity contribution >= 4 is 11.9 Å². The number of aromatic nitrogens is 2. The van der Waals surface area contributed by atoms with Gasteiger partial charge in [0.25, 0.3) is 0 Å². The van der Waals surface area contributed by atoms with E-state index in [9.17, 15) is 9.90 Å². The van der Waals surface area contributed by atoms with E-state index in [1.165, 1.54) is 0 Å². The summed E-state index contributed by atoms with van der Waals surface area (Å²) in [6, 6.07) is 0. The first-order valence-electron chi connectivity index (χ1n) is 5.18. The van der Waals surface area contributed by atoms with Gasteiger partial charge in [-0.15, -0.1) is 0 Å². The van der Waals surface area contributed by atoms with Gasteiger partial charge in [0.05, 0.1) is 6.20 Å².